The van der Waals surface area contributed by atoms with Crippen molar-refractivity contribution in [3.63, 3.8) is 0 Å². The zero-order chi connectivity index (χ0) is 19.0. The molecule has 140 valence electrons. The van der Waals surface area contributed by atoms with Crippen LogP contribution in [0.25, 0.3) is 10.4 Å². The predicted molar refractivity (Wildman–Crippen MR) is 102 cm³/mol. The highest BCUT2D eigenvalue weighted by Gasteiger charge is 2.43. The molecule has 1 amide bonds. The fourth-order valence-electron chi connectivity index (χ4n) is 4.12. The summed E-state index contributed by atoms with van der Waals surface area (Å²) in [6, 6.07) is 6.53. The molecule has 1 saturated carbocycles. The van der Waals surface area contributed by atoms with Crippen molar-refractivity contribution in [3.05, 3.63) is 40.8 Å². The van der Waals surface area contributed by atoms with Crippen LogP contribution in [-0.2, 0) is 11.2 Å². The van der Waals surface area contributed by atoms with Crippen molar-refractivity contribution in [1.29, 1.82) is 5.26 Å². The third-order valence-electron chi connectivity index (χ3n) is 5.50. The third-order valence-corrected chi connectivity index (χ3v) is 6.46. The molecular formula is C20H21FN4OS. The van der Waals surface area contributed by atoms with Crippen molar-refractivity contribution in [3.8, 4) is 16.5 Å². The van der Waals surface area contributed by atoms with Crippen LogP contribution >= 0.6 is 11.3 Å². The number of aromatic nitrogens is 1. The lowest BCUT2D eigenvalue weighted by molar-refractivity contribution is -0.124. The minimum Gasteiger partial charge on any atom is -0.339 e. The number of aryl methyl sites for hydroxylation is 1. The molecule has 27 heavy (non-hydrogen) atoms. The molecule has 1 saturated heterocycles. The maximum absolute atomic E-state index is 14.5. The molecule has 4 rings (SSSR count). The van der Waals surface area contributed by atoms with Gasteiger partial charge < -0.3 is 10.6 Å². The largest absolute Gasteiger partial charge is 0.339 e. The molecule has 1 unspecified atom stereocenters. The lowest BCUT2D eigenvalue weighted by atomic mass is 9.98. The van der Waals surface area contributed by atoms with E-state index in [0.717, 1.165) is 34.7 Å². The summed E-state index contributed by atoms with van der Waals surface area (Å²) in [4.78, 5) is 17.6. The number of hydrogen-bond acceptors (Lipinski definition) is 5. The summed E-state index contributed by atoms with van der Waals surface area (Å²) >= 11 is 1.51. The fraction of sp³-hybridized carbons (Fsp3) is 0.450. The number of thiazole rings is 1. The molecule has 2 heterocycles. The standard InChI is InChI=1S/C20H21FN4OS/c1-11-23-10-18(27-11)13-3-2-12(17(21)8-13)6-16(9-22)25-20(26)19-14-4-5-15(7-14)24-19/h2-3,8,10,14-16,19,24H,4-7H2,1H3,(H,25,26)/t14?,15-,16+,19+/m1/s1. The van der Waals surface area contributed by atoms with E-state index in [1.165, 1.54) is 17.4 Å². The van der Waals surface area contributed by atoms with Gasteiger partial charge >= 0.3 is 0 Å². The quantitative estimate of drug-likeness (QED) is 0.831. The molecule has 1 aliphatic carbocycles. The van der Waals surface area contributed by atoms with E-state index in [-0.39, 0.29) is 24.2 Å². The van der Waals surface area contributed by atoms with Crippen molar-refractivity contribution < 1.29 is 9.18 Å². The summed E-state index contributed by atoms with van der Waals surface area (Å²) in [7, 11) is 0. The molecule has 2 fully saturated rings. The second kappa shape index (κ2) is 7.37. The van der Waals surface area contributed by atoms with E-state index in [1.807, 2.05) is 13.0 Å². The van der Waals surface area contributed by atoms with E-state index < -0.39 is 6.04 Å². The first kappa shape index (κ1) is 18.1. The van der Waals surface area contributed by atoms with Gasteiger partial charge in [0.1, 0.15) is 11.9 Å². The van der Waals surface area contributed by atoms with E-state index in [2.05, 4.69) is 21.7 Å². The minimum atomic E-state index is -0.746. The van der Waals surface area contributed by atoms with Gasteiger partial charge in [0.15, 0.2) is 0 Å². The zero-order valence-corrected chi connectivity index (χ0v) is 15.9. The van der Waals surface area contributed by atoms with Crippen LogP contribution in [0.1, 0.15) is 29.8 Å². The minimum absolute atomic E-state index is 0.147. The number of halogens is 1. The Labute approximate surface area is 161 Å². The predicted octanol–water partition coefficient (Wildman–Crippen LogP) is 2.95. The van der Waals surface area contributed by atoms with Crippen LogP contribution in [0.5, 0.6) is 0 Å². The van der Waals surface area contributed by atoms with Gasteiger partial charge in [0.25, 0.3) is 0 Å². The Bertz CT molecular complexity index is 906. The van der Waals surface area contributed by atoms with Crippen LogP contribution in [0.3, 0.4) is 0 Å². The number of nitriles is 1. The number of carbonyl (C=O) groups is 1. The molecule has 1 aromatic carbocycles. The maximum Gasteiger partial charge on any atom is 0.238 e. The van der Waals surface area contributed by atoms with Gasteiger partial charge in [0, 0.05) is 18.7 Å². The molecule has 2 aliphatic rings. The van der Waals surface area contributed by atoms with E-state index >= 15 is 0 Å². The van der Waals surface area contributed by atoms with Crippen molar-refractivity contribution in [2.24, 2.45) is 5.92 Å². The van der Waals surface area contributed by atoms with Crippen molar-refractivity contribution >= 4 is 17.2 Å². The van der Waals surface area contributed by atoms with Crippen LogP contribution in [0.2, 0.25) is 0 Å². The second-order valence-corrected chi connectivity index (χ2v) is 8.59. The number of nitrogens with one attached hydrogen (secondary N) is 2. The van der Waals surface area contributed by atoms with Gasteiger partial charge in [0.05, 0.1) is 22.0 Å². The molecule has 2 aromatic rings. The number of carbonyl (C=O) groups excluding carboxylic acids is 1. The molecule has 2 bridgehead atoms. The van der Waals surface area contributed by atoms with Crippen LogP contribution in [0.4, 0.5) is 4.39 Å². The lowest BCUT2D eigenvalue weighted by Crippen LogP contribution is -2.50. The molecule has 4 atom stereocenters. The average Bonchev–Trinajstić information content (AvgIpc) is 3.39. The molecule has 1 aliphatic heterocycles. The van der Waals surface area contributed by atoms with Crippen molar-refractivity contribution in [2.45, 2.75) is 50.7 Å². The third kappa shape index (κ3) is 3.73. The summed E-state index contributed by atoms with van der Waals surface area (Å²) in [5.74, 6) is -0.162. The van der Waals surface area contributed by atoms with Crippen LogP contribution in [0, 0.1) is 30.0 Å². The Morgan fingerprint density at radius 1 is 1.52 bits per heavy atom. The molecule has 7 heteroatoms. The highest BCUT2D eigenvalue weighted by atomic mass is 32.1. The topological polar surface area (TPSA) is 77.8 Å². The number of rotatable bonds is 5. The molecule has 0 spiro atoms. The monoisotopic (exact) mass is 384 g/mol. The van der Waals surface area contributed by atoms with Gasteiger partial charge in [-0.25, -0.2) is 9.37 Å². The smallest absolute Gasteiger partial charge is 0.238 e. The van der Waals surface area contributed by atoms with Crippen molar-refractivity contribution in [1.82, 2.24) is 15.6 Å². The van der Waals surface area contributed by atoms with Crippen LogP contribution in [-0.4, -0.2) is 29.0 Å². The Balaban J connectivity index is 1.42. The Kier molecular flexibility index (Phi) is 4.94. The Morgan fingerprint density at radius 3 is 2.96 bits per heavy atom. The van der Waals surface area contributed by atoms with E-state index in [0.29, 0.717) is 17.5 Å². The highest BCUT2D eigenvalue weighted by Crippen LogP contribution is 2.35. The average molecular weight is 384 g/mol. The van der Waals surface area contributed by atoms with Crippen molar-refractivity contribution in [2.75, 3.05) is 0 Å². The number of nitrogens with zero attached hydrogens (tertiary/aromatic N) is 2. The summed E-state index contributed by atoms with van der Waals surface area (Å²) in [5, 5.41) is 16.5. The van der Waals surface area contributed by atoms with Gasteiger partial charge in [-0.2, -0.15) is 5.26 Å². The van der Waals surface area contributed by atoms with Gasteiger partial charge in [-0.1, -0.05) is 12.1 Å². The first-order valence-electron chi connectivity index (χ1n) is 9.20. The Morgan fingerprint density at radius 2 is 2.37 bits per heavy atom. The summed E-state index contributed by atoms with van der Waals surface area (Å²) < 4.78 is 14.5. The molecule has 5 nitrogen and oxygen atoms in total. The maximum atomic E-state index is 14.5. The van der Waals surface area contributed by atoms with E-state index in [4.69, 9.17) is 0 Å². The van der Waals surface area contributed by atoms with Gasteiger partial charge in [-0.3, -0.25) is 4.79 Å². The zero-order valence-electron chi connectivity index (χ0n) is 15.0. The summed E-state index contributed by atoms with van der Waals surface area (Å²) in [6.45, 7) is 1.91. The lowest BCUT2D eigenvalue weighted by Gasteiger charge is -2.23. The number of fused-ring (bicyclic) bond motifs is 2. The molecular weight excluding hydrogens is 363 g/mol. The van der Waals surface area contributed by atoms with Gasteiger partial charge in [-0.05, 0) is 49.3 Å². The normalized spacial score (nSPS) is 24.6. The SMILES string of the molecule is Cc1ncc(-c2ccc(C[C@@H](C#N)NC(=O)[C@H]3N[C@@H]4CCC3C4)c(F)c2)s1. The molecule has 1 aromatic heterocycles. The Hall–Kier alpha value is -2.30. The molecule has 2 N–H and O–H groups in total. The number of hydrogen-bond donors (Lipinski definition) is 2. The van der Waals surface area contributed by atoms with E-state index in [1.54, 1.807) is 12.3 Å². The summed E-state index contributed by atoms with van der Waals surface area (Å²) in [5.41, 5.74) is 1.19. The second-order valence-electron chi connectivity index (χ2n) is 7.36. The first-order valence-corrected chi connectivity index (χ1v) is 10.0. The molecule has 0 radical (unpaired) electrons. The van der Waals surface area contributed by atoms with E-state index in [9.17, 15) is 14.4 Å². The van der Waals surface area contributed by atoms with Gasteiger partial charge in [-0.15, -0.1) is 11.3 Å². The number of benzene rings is 1. The van der Waals surface area contributed by atoms with Crippen LogP contribution in [0.15, 0.2) is 24.4 Å². The van der Waals surface area contributed by atoms with Crippen LogP contribution < -0.4 is 10.6 Å². The highest BCUT2D eigenvalue weighted by molar-refractivity contribution is 7.15. The first-order chi connectivity index (χ1) is 13.0. The number of amides is 1. The number of piperidine rings is 1. The fourth-order valence-corrected chi connectivity index (χ4v) is 4.90. The van der Waals surface area contributed by atoms with Gasteiger partial charge in [0.2, 0.25) is 5.91 Å². The summed E-state index contributed by atoms with van der Waals surface area (Å²) in [6.07, 6.45) is 5.08.